The minimum atomic E-state index is -0.0355. The Morgan fingerprint density at radius 2 is 2.62 bits per heavy atom. The van der Waals surface area contributed by atoms with Crippen molar-refractivity contribution in [3.63, 3.8) is 0 Å². The van der Waals surface area contributed by atoms with Crippen LogP contribution >= 0.6 is 22.6 Å². The highest BCUT2D eigenvalue weighted by Crippen LogP contribution is 2.15. The van der Waals surface area contributed by atoms with Crippen LogP contribution < -0.4 is 0 Å². The second-order valence-corrected chi connectivity index (χ2v) is 2.79. The Hall–Kier alpha value is 0.200. The Morgan fingerprint density at radius 1 is 1.88 bits per heavy atom. The van der Waals surface area contributed by atoms with Gasteiger partial charge in [0.2, 0.25) is 0 Å². The fraction of sp³-hybridized carbons (Fsp3) is 0.800. The van der Waals surface area contributed by atoms with Crippen LogP contribution in [0.25, 0.3) is 0 Å². The van der Waals surface area contributed by atoms with Gasteiger partial charge in [-0.05, 0) is 0 Å². The molecule has 1 rings (SSSR count). The van der Waals surface area contributed by atoms with Gasteiger partial charge in [-0.3, -0.25) is 4.79 Å². The molecule has 0 radical (unpaired) electrons. The molecule has 0 aromatic heterocycles. The monoisotopic (exact) mass is 226 g/mol. The van der Waals surface area contributed by atoms with Crippen LogP contribution in [-0.4, -0.2) is 17.0 Å². The third-order valence-electron chi connectivity index (χ3n) is 1.15. The lowest BCUT2D eigenvalue weighted by Gasteiger charge is -1.94. The van der Waals surface area contributed by atoms with Crippen molar-refractivity contribution in [2.75, 3.05) is 11.0 Å². The molecule has 0 spiro atoms. The average molecular weight is 226 g/mol. The summed E-state index contributed by atoms with van der Waals surface area (Å²) in [7, 11) is 0. The molecule has 0 aliphatic carbocycles. The fourth-order valence-corrected chi connectivity index (χ4v) is 1.23. The maximum absolute atomic E-state index is 10.4. The average Bonchev–Trinajstić information content (AvgIpc) is 2.14. The molecule has 0 N–H and O–H groups in total. The number of carbonyl (C=O) groups is 1. The Bertz CT molecular complexity index is 103. The molecule has 3 heteroatoms. The number of hydrogen-bond donors (Lipinski definition) is 0. The summed E-state index contributed by atoms with van der Waals surface area (Å²) >= 11 is 2.27. The van der Waals surface area contributed by atoms with Gasteiger partial charge in [0, 0.05) is 10.3 Å². The molecule has 0 aromatic rings. The van der Waals surface area contributed by atoms with E-state index in [0.29, 0.717) is 18.9 Å². The van der Waals surface area contributed by atoms with E-state index in [1.54, 1.807) is 0 Å². The molecule has 0 saturated carbocycles. The minimum absolute atomic E-state index is 0.0355. The molecule has 1 aliphatic rings. The molecular formula is C5H7IO2. The first-order chi connectivity index (χ1) is 3.83. The predicted octanol–water partition coefficient (Wildman–Crippen LogP) is 0.985. The molecule has 0 amide bonds. The van der Waals surface area contributed by atoms with Gasteiger partial charge < -0.3 is 4.74 Å². The maximum atomic E-state index is 10.4. The van der Waals surface area contributed by atoms with Crippen LogP contribution in [0.15, 0.2) is 0 Å². The molecule has 2 nitrogen and oxygen atoms in total. The SMILES string of the molecule is O=C1CC(CI)CO1. The van der Waals surface area contributed by atoms with Crippen molar-refractivity contribution in [1.82, 2.24) is 0 Å². The third-order valence-corrected chi connectivity index (χ3v) is 2.40. The quantitative estimate of drug-likeness (QED) is 0.378. The van der Waals surface area contributed by atoms with Crippen molar-refractivity contribution in [2.24, 2.45) is 5.92 Å². The molecule has 1 unspecified atom stereocenters. The predicted molar refractivity (Wildman–Crippen MR) is 38.0 cm³/mol. The van der Waals surface area contributed by atoms with Crippen LogP contribution in [0.4, 0.5) is 0 Å². The van der Waals surface area contributed by atoms with Crippen LogP contribution in [-0.2, 0) is 9.53 Å². The first-order valence-corrected chi connectivity index (χ1v) is 4.07. The van der Waals surface area contributed by atoms with Gasteiger partial charge in [0.05, 0.1) is 13.0 Å². The zero-order chi connectivity index (χ0) is 5.98. The maximum Gasteiger partial charge on any atom is 0.306 e. The van der Waals surface area contributed by atoms with E-state index in [1.165, 1.54) is 0 Å². The standard InChI is InChI=1S/C5H7IO2/c6-2-4-1-5(7)8-3-4/h4H,1-3H2. The molecule has 0 bridgehead atoms. The van der Waals surface area contributed by atoms with Gasteiger partial charge >= 0.3 is 5.97 Å². The summed E-state index contributed by atoms with van der Waals surface area (Å²) in [6.45, 7) is 0.641. The van der Waals surface area contributed by atoms with Gasteiger partial charge in [-0.25, -0.2) is 0 Å². The lowest BCUT2D eigenvalue weighted by molar-refractivity contribution is -0.137. The summed E-state index contributed by atoms with van der Waals surface area (Å²) in [6, 6.07) is 0. The van der Waals surface area contributed by atoms with Gasteiger partial charge in [0.25, 0.3) is 0 Å². The highest BCUT2D eigenvalue weighted by molar-refractivity contribution is 14.1. The van der Waals surface area contributed by atoms with Crippen LogP contribution in [0.3, 0.4) is 0 Å². The van der Waals surface area contributed by atoms with Crippen LogP contribution in [0.5, 0.6) is 0 Å². The summed E-state index contributed by atoms with van der Waals surface area (Å²) in [4.78, 5) is 10.4. The second kappa shape index (κ2) is 2.66. The van der Waals surface area contributed by atoms with E-state index in [0.717, 1.165) is 4.43 Å². The van der Waals surface area contributed by atoms with E-state index in [2.05, 4.69) is 22.6 Å². The summed E-state index contributed by atoms with van der Waals surface area (Å²) in [6.07, 6.45) is 0.628. The lowest BCUT2D eigenvalue weighted by atomic mass is 10.2. The zero-order valence-electron chi connectivity index (χ0n) is 4.39. The number of halogens is 1. The smallest absolute Gasteiger partial charge is 0.306 e. The van der Waals surface area contributed by atoms with E-state index in [-0.39, 0.29) is 5.97 Å². The van der Waals surface area contributed by atoms with Crippen molar-refractivity contribution < 1.29 is 9.53 Å². The number of rotatable bonds is 1. The van der Waals surface area contributed by atoms with Gasteiger partial charge in [-0.1, -0.05) is 22.6 Å². The van der Waals surface area contributed by atoms with Crippen molar-refractivity contribution in [1.29, 1.82) is 0 Å². The third kappa shape index (κ3) is 1.34. The Morgan fingerprint density at radius 3 is 2.88 bits per heavy atom. The number of hydrogen-bond acceptors (Lipinski definition) is 2. The fourth-order valence-electron chi connectivity index (χ4n) is 0.663. The molecular weight excluding hydrogens is 219 g/mol. The highest BCUT2D eigenvalue weighted by Gasteiger charge is 2.21. The van der Waals surface area contributed by atoms with Gasteiger partial charge in [-0.15, -0.1) is 0 Å². The number of esters is 1. The van der Waals surface area contributed by atoms with Crippen LogP contribution in [0.1, 0.15) is 6.42 Å². The number of carbonyl (C=O) groups excluding carboxylic acids is 1. The highest BCUT2D eigenvalue weighted by atomic mass is 127. The number of ether oxygens (including phenoxy) is 1. The summed E-state index contributed by atoms with van der Waals surface area (Å²) < 4.78 is 5.74. The van der Waals surface area contributed by atoms with Crippen LogP contribution in [0, 0.1) is 5.92 Å². The Balaban J connectivity index is 2.32. The van der Waals surface area contributed by atoms with E-state index >= 15 is 0 Å². The lowest BCUT2D eigenvalue weighted by Crippen LogP contribution is -1.98. The molecule has 8 heavy (non-hydrogen) atoms. The topological polar surface area (TPSA) is 26.3 Å². The van der Waals surface area contributed by atoms with E-state index in [1.807, 2.05) is 0 Å². The number of alkyl halides is 1. The Labute approximate surface area is 61.7 Å². The van der Waals surface area contributed by atoms with Gasteiger partial charge in [0.15, 0.2) is 0 Å². The summed E-state index contributed by atoms with van der Waals surface area (Å²) in [5.41, 5.74) is 0. The molecule has 1 saturated heterocycles. The molecule has 1 aliphatic heterocycles. The van der Waals surface area contributed by atoms with Crippen molar-refractivity contribution in [3.8, 4) is 0 Å². The molecule has 0 aromatic carbocycles. The molecule has 46 valence electrons. The molecule has 1 fully saturated rings. The summed E-state index contributed by atoms with van der Waals surface area (Å²) in [5, 5.41) is 0. The van der Waals surface area contributed by atoms with Gasteiger partial charge in [-0.2, -0.15) is 0 Å². The van der Waals surface area contributed by atoms with Crippen molar-refractivity contribution >= 4 is 28.6 Å². The second-order valence-electron chi connectivity index (χ2n) is 1.91. The Kier molecular flexibility index (Phi) is 2.10. The first-order valence-electron chi connectivity index (χ1n) is 2.54. The number of cyclic esters (lactones) is 1. The zero-order valence-corrected chi connectivity index (χ0v) is 6.55. The van der Waals surface area contributed by atoms with Crippen molar-refractivity contribution in [2.45, 2.75) is 6.42 Å². The van der Waals surface area contributed by atoms with E-state index in [4.69, 9.17) is 4.74 Å². The summed E-state index contributed by atoms with van der Waals surface area (Å²) in [5.74, 6) is 0.453. The van der Waals surface area contributed by atoms with E-state index in [9.17, 15) is 4.79 Å². The molecule has 1 atom stereocenters. The minimum Gasteiger partial charge on any atom is -0.465 e. The van der Waals surface area contributed by atoms with Gasteiger partial charge in [0.1, 0.15) is 0 Å². The largest absolute Gasteiger partial charge is 0.465 e. The normalized spacial score (nSPS) is 28.1. The van der Waals surface area contributed by atoms with E-state index < -0.39 is 0 Å². The van der Waals surface area contributed by atoms with Crippen LogP contribution in [0.2, 0.25) is 0 Å². The molecule has 1 heterocycles. The van der Waals surface area contributed by atoms with Crippen molar-refractivity contribution in [3.05, 3.63) is 0 Å². The first kappa shape index (κ1) is 6.32.